The van der Waals surface area contributed by atoms with Crippen LogP contribution in [0.4, 0.5) is 0 Å². The maximum Gasteiger partial charge on any atom is 0.339 e. The van der Waals surface area contributed by atoms with Crippen LogP contribution >= 0.6 is 11.6 Å². The molecule has 72 valence electrons. The van der Waals surface area contributed by atoms with Gasteiger partial charge in [-0.05, 0) is 12.1 Å². The number of carbonyl (C=O) groups is 1. The third-order valence-corrected chi connectivity index (χ3v) is 2.03. The minimum Gasteiger partial charge on any atom is -0.507 e. The van der Waals surface area contributed by atoms with Gasteiger partial charge >= 0.3 is 5.97 Å². The SMILES string of the molecule is N#Cc1ccc(C(=O)O)c(O)c1CCl. The third kappa shape index (κ3) is 1.63. The summed E-state index contributed by atoms with van der Waals surface area (Å²) < 4.78 is 0. The van der Waals surface area contributed by atoms with E-state index in [1.165, 1.54) is 12.1 Å². The first-order valence-corrected chi connectivity index (χ1v) is 4.19. The highest BCUT2D eigenvalue weighted by Crippen LogP contribution is 2.27. The molecule has 5 heteroatoms. The molecule has 4 nitrogen and oxygen atoms in total. The average molecular weight is 212 g/mol. The molecule has 1 aromatic carbocycles. The number of phenols is 1. The lowest BCUT2D eigenvalue weighted by Gasteiger charge is -2.05. The summed E-state index contributed by atoms with van der Waals surface area (Å²) in [6.07, 6.45) is 0. The molecule has 0 spiro atoms. The Morgan fingerprint density at radius 1 is 1.57 bits per heavy atom. The summed E-state index contributed by atoms with van der Waals surface area (Å²) in [5, 5.41) is 26.8. The van der Waals surface area contributed by atoms with Gasteiger partial charge in [0, 0.05) is 5.56 Å². The summed E-state index contributed by atoms with van der Waals surface area (Å²) in [5.74, 6) is -1.79. The van der Waals surface area contributed by atoms with E-state index in [1.807, 2.05) is 6.07 Å². The molecular weight excluding hydrogens is 206 g/mol. The summed E-state index contributed by atoms with van der Waals surface area (Å²) in [5.41, 5.74) is 0.0798. The highest BCUT2D eigenvalue weighted by atomic mass is 35.5. The number of halogens is 1. The second-order valence-electron chi connectivity index (χ2n) is 2.54. The molecule has 1 aromatic rings. The normalized spacial score (nSPS) is 9.43. The van der Waals surface area contributed by atoms with Gasteiger partial charge in [0.2, 0.25) is 0 Å². The van der Waals surface area contributed by atoms with Crippen molar-refractivity contribution in [3.63, 3.8) is 0 Å². The van der Waals surface area contributed by atoms with Crippen LogP contribution in [0.25, 0.3) is 0 Å². The second-order valence-corrected chi connectivity index (χ2v) is 2.81. The van der Waals surface area contributed by atoms with Crippen LogP contribution in [0.15, 0.2) is 12.1 Å². The minimum atomic E-state index is -1.25. The summed E-state index contributed by atoms with van der Waals surface area (Å²) in [6.45, 7) is 0. The van der Waals surface area contributed by atoms with Crippen molar-refractivity contribution < 1.29 is 15.0 Å². The second kappa shape index (κ2) is 3.99. The van der Waals surface area contributed by atoms with Gasteiger partial charge in [0.15, 0.2) is 0 Å². The zero-order chi connectivity index (χ0) is 10.7. The lowest BCUT2D eigenvalue weighted by Crippen LogP contribution is -2.00. The molecule has 0 radical (unpaired) electrons. The molecule has 0 bridgehead atoms. The number of carboxylic acid groups (broad SMARTS) is 1. The van der Waals surface area contributed by atoms with E-state index < -0.39 is 11.7 Å². The predicted molar refractivity (Wildman–Crippen MR) is 49.3 cm³/mol. The Balaban J connectivity index is 3.44. The molecule has 0 unspecified atom stereocenters. The van der Waals surface area contributed by atoms with Crippen LogP contribution in [0.3, 0.4) is 0 Å². The van der Waals surface area contributed by atoms with E-state index in [-0.39, 0.29) is 22.6 Å². The summed E-state index contributed by atoms with van der Waals surface area (Å²) in [4.78, 5) is 10.6. The summed E-state index contributed by atoms with van der Waals surface area (Å²) >= 11 is 5.49. The predicted octanol–water partition coefficient (Wildman–Crippen LogP) is 1.70. The van der Waals surface area contributed by atoms with Gasteiger partial charge in [0.05, 0.1) is 17.5 Å². The molecule has 0 saturated carbocycles. The van der Waals surface area contributed by atoms with Crippen LogP contribution in [0.1, 0.15) is 21.5 Å². The number of benzene rings is 1. The molecule has 2 N–H and O–H groups in total. The molecule has 0 aromatic heterocycles. The number of hydrogen-bond acceptors (Lipinski definition) is 3. The standard InChI is InChI=1S/C9H6ClNO3/c10-3-7-5(4-11)1-2-6(8(7)12)9(13)14/h1-2,12H,3H2,(H,13,14). The Bertz CT molecular complexity index is 423. The van der Waals surface area contributed by atoms with Gasteiger partial charge in [-0.25, -0.2) is 4.79 Å². The van der Waals surface area contributed by atoms with E-state index in [9.17, 15) is 9.90 Å². The van der Waals surface area contributed by atoms with Crippen molar-refractivity contribution in [2.75, 3.05) is 0 Å². The van der Waals surface area contributed by atoms with Gasteiger partial charge in [0.1, 0.15) is 11.3 Å². The van der Waals surface area contributed by atoms with Crippen LogP contribution in [0.5, 0.6) is 5.75 Å². The number of rotatable bonds is 2. The first-order valence-electron chi connectivity index (χ1n) is 3.66. The number of aromatic hydroxyl groups is 1. The van der Waals surface area contributed by atoms with E-state index in [0.717, 1.165) is 0 Å². The Kier molecular flexibility index (Phi) is 2.95. The zero-order valence-corrected chi connectivity index (χ0v) is 7.75. The molecule has 0 saturated heterocycles. The van der Waals surface area contributed by atoms with Crippen LogP contribution in [-0.4, -0.2) is 16.2 Å². The van der Waals surface area contributed by atoms with Crippen molar-refractivity contribution in [2.45, 2.75) is 5.88 Å². The monoisotopic (exact) mass is 211 g/mol. The van der Waals surface area contributed by atoms with E-state index >= 15 is 0 Å². The fourth-order valence-corrected chi connectivity index (χ4v) is 1.32. The molecule has 0 aliphatic carbocycles. The van der Waals surface area contributed by atoms with Gasteiger partial charge < -0.3 is 10.2 Å². The van der Waals surface area contributed by atoms with Crippen LogP contribution in [-0.2, 0) is 5.88 Å². The number of nitrogens with zero attached hydrogens (tertiary/aromatic N) is 1. The molecule has 14 heavy (non-hydrogen) atoms. The molecule has 1 rings (SSSR count). The van der Waals surface area contributed by atoms with Crippen molar-refractivity contribution in [1.82, 2.24) is 0 Å². The largest absolute Gasteiger partial charge is 0.507 e. The average Bonchev–Trinajstić information content (AvgIpc) is 2.16. The number of alkyl halides is 1. The maximum atomic E-state index is 10.6. The third-order valence-electron chi connectivity index (χ3n) is 1.77. The van der Waals surface area contributed by atoms with Crippen molar-refractivity contribution in [3.05, 3.63) is 28.8 Å². The topological polar surface area (TPSA) is 81.3 Å². The first kappa shape index (κ1) is 10.4. The molecule has 0 fully saturated rings. The lowest BCUT2D eigenvalue weighted by atomic mass is 10.0. The fraction of sp³-hybridized carbons (Fsp3) is 0.111. The van der Waals surface area contributed by atoms with E-state index in [2.05, 4.69) is 0 Å². The Labute approximate surface area is 85.0 Å². The summed E-state index contributed by atoms with van der Waals surface area (Å²) in [6, 6.07) is 4.31. The van der Waals surface area contributed by atoms with Gasteiger partial charge in [-0.3, -0.25) is 0 Å². The minimum absolute atomic E-state index is 0.101. The molecule has 0 amide bonds. The van der Waals surface area contributed by atoms with Gasteiger partial charge in [-0.15, -0.1) is 11.6 Å². The van der Waals surface area contributed by atoms with Gasteiger partial charge in [-0.1, -0.05) is 0 Å². The molecule has 0 aliphatic rings. The van der Waals surface area contributed by atoms with Crippen LogP contribution in [0, 0.1) is 11.3 Å². The van der Waals surface area contributed by atoms with Gasteiger partial charge in [0.25, 0.3) is 0 Å². The number of nitriles is 1. The number of aromatic carboxylic acids is 1. The number of hydrogen-bond donors (Lipinski definition) is 2. The fourth-order valence-electron chi connectivity index (χ4n) is 1.05. The molecule has 0 aliphatic heterocycles. The molecular formula is C9H6ClNO3. The van der Waals surface area contributed by atoms with Gasteiger partial charge in [-0.2, -0.15) is 5.26 Å². The lowest BCUT2D eigenvalue weighted by molar-refractivity contribution is 0.0693. The van der Waals surface area contributed by atoms with Crippen molar-refractivity contribution in [1.29, 1.82) is 5.26 Å². The maximum absolute atomic E-state index is 10.6. The quantitative estimate of drug-likeness (QED) is 0.730. The van der Waals surface area contributed by atoms with E-state index in [0.29, 0.717) is 0 Å². The Morgan fingerprint density at radius 3 is 2.64 bits per heavy atom. The van der Waals surface area contributed by atoms with E-state index in [1.54, 1.807) is 0 Å². The smallest absolute Gasteiger partial charge is 0.339 e. The van der Waals surface area contributed by atoms with Crippen LogP contribution in [0.2, 0.25) is 0 Å². The highest BCUT2D eigenvalue weighted by Gasteiger charge is 2.15. The summed E-state index contributed by atoms with van der Waals surface area (Å²) in [7, 11) is 0. The number of carboxylic acids is 1. The Hall–Kier alpha value is -1.73. The first-order chi connectivity index (χ1) is 6.61. The zero-order valence-electron chi connectivity index (χ0n) is 6.99. The van der Waals surface area contributed by atoms with Crippen molar-refractivity contribution in [2.24, 2.45) is 0 Å². The van der Waals surface area contributed by atoms with Crippen molar-refractivity contribution in [3.8, 4) is 11.8 Å². The van der Waals surface area contributed by atoms with E-state index in [4.69, 9.17) is 22.0 Å². The highest BCUT2D eigenvalue weighted by molar-refractivity contribution is 6.17. The van der Waals surface area contributed by atoms with Crippen LogP contribution < -0.4 is 0 Å². The molecule has 0 atom stereocenters. The van der Waals surface area contributed by atoms with Crippen molar-refractivity contribution >= 4 is 17.6 Å². The molecule has 0 heterocycles. The Morgan fingerprint density at radius 2 is 2.21 bits per heavy atom.